The number of nitrogens with two attached hydrogens (primary N) is 1. The Kier molecular flexibility index (Phi) is 4.46. The van der Waals surface area contributed by atoms with Crippen LogP contribution in [0, 0.1) is 0 Å². The van der Waals surface area contributed by atoms with Crippen molar-refractivity contribution in [3.05, 3.63) is 24.2 Å². The van der Waals surface area contributed by atoms with Gasteiger partial charge in [-0.3, -0.25) is 0 Å². The van der Waals surface area contributed by atoms with E-state index in [0.29, 0.717) is 29.7 Å². The second-order valence-electron chi connectivity index (χ2n) is 4.13. The van der Waals surface area contributed by atoms with E-state index in [2.05, 4.69) is 22.0 Å². The fraction of sp³-hybridized carbons (Fsp3) is 0.462. The number of aromatic nitrogens is 3. The molecule has 0 spiro atoms. The standard InChI is InChI=1S/C13H18N4O2/c1-3-6-10(18-4-2)12-16-13(19-17-12)11-9(14)7-5-8-15-11/h5,7-8,10H,3-4,6,14H2,1-2H3. The van der Waals surface area contributed by atoms with E-state index in [1.165, 1.54) is 0 Å². The number of hydrogen-bond donors (Lipinski definition) is 1. The third kappa shape index (κ3) is 3.08. The van der Waals surface area contributed by atoms with Gasteiger partial charge < -0.3 is 15.0 Å². The van der Waals surface area contributed by atoms with Gasteiger partial charge in [-0.05, 0) is 25.5 Å². The van der Waals surface area contributed by atoms with E-state index in [1.807, 2.05) is 6.92 Å². The molecule has 0 aliphatic rings. The molecule has 0 amide bonds. The van der Waals surface area contributed by atoms with Crippen LogP contribution in [0.5, 0.6) is 0 Å². The second-order valence-corrected chi connectivity index (χ2v) is 4.13. The predicted molar refractivity (Wildman–Crippen MR) is 71.2 cm³/mol. The van der Waals surface area contributed by atoms with Crippen LogP contribution in [0.1, 0.15) is 38.6 Å². The Balaban J connectivity index is 2.25. The number of nitrogens with zero attached hydrogens (tertiary/aromatic N) is 3. The highest BCUT2D eigenvalue weighted by atomic mass is 16.5. The summed E-state index contributed by atoms with van der Waals surface area (Å²) in [6.45, 7) is 4.64. The van der Waals surface area contributed by atoms with Crippen molar-refractivity contribution in [1.82, 2.24) is 15.1 Å². The molecule has 0 saturated heterocycles. The maximum absolute atomic E-state index is 5.83. The van der Waals surface area contributed by atoms with Gasteiger partial charge in [-0.25, -0.2) is 4.98 Å². The van der Waals surface area contributed by atoms with Gasteiger partial charge in [-0.1, -0.05) is 18.5 Å². The van der Waals surface area contributed by atoms with Gasteiger partial charge in [0.25, 0.3) is 5.89 Å². The maximum atomic E-state index is 5.83. The van der Waals surface area contributed by atoms with E-state index in [4.69, 9.17) is 15.0 Å². The zero-order valence-electron chi connectivity index (χ0n) is 11.2. The normalized spacial score (nSPS) is 12.5. The van der Waals surface area contributed by atoms with E-state index in [9.17, 15) is 0 Å². The summed E-state index contributed by atoms with van der Waals surface area (Å²) in [6, 6.07) is 3.51. The van der Waals surface area contributed by atoms with Crippen molar-refractivity contribution >= 4 is 5.69 Å². The summed E-state index contributed by atoms with van der Waals surface area (Å²) in [6.07, 6.45) is 3.34. The summed E-state index contributed by atoms with van der Waals surface area (Å²) >= 11 is 0. The Morgan fingerprint density at radius 2 is 2.26 bits per heavy atom. The lowest BCUT2D eigenvalue weighted by molar-refractivity contribution is 0.0478. The molecule has 0 saturated carbocycles. The van der Waals surface area contributed by atoms with Gasteiger partial charge in [0.2, 0.25) is 5.82 Å². The van der Waals surface area contributed by atoms with Crippen LogP contribution in [0.2, 0.25) is 0 Å². The number of anilines is 1. The monoisotopic (exact) mass is 262 g/mol. The van der Waals surface area contributed by atoms with Crippen LogP contribution < -0.4 is 5.73 Å². The second kappa shape index (κ2) is 6.29. The van der Waals surface area contributed by atoms with E-state index in [-0.39, 0.29) is 6.10 Å². The molecular formula is C13H18N4O2. The Morgan fingerprint density at radius 3 is 2.95 bits per heavy atom. The molecule has 2 aromatic heterocycles. The third-order valence-electron chi connectivity index (χ3n) is 2.69. The quantitative estimate of drug-likeness (QED) is 0.861. The molecule has 2 rings (SSSR count). The van der Waals surface area contributed by atoms with Gasteiger partial charge in [0.1, 0.15) is 6.10 Å². The van der Waals surface area contributed by atoms with Crippen molar-refractivity contribution in [3.63, 3.8) is 0 Å². The third-order valence-corrected chi connectivity index (χ3v) is 2.69. The summed E-state index contributed by atoms with van der Waals surface area (Å²) in [7, 11) is 0. The fourth-order valence-corrected chi connectivity index (χ4v) is 1.81. The van der Waals surface area contributed by atoms with Crippen LogP contribution in [0.3, 0.4) is 0 Å². The largest absolute Gasteiger partial charge is 0.397 e. The molecule has 1 atom stereocenters. The van der Waals surface area contributed by atoms with Gasteiger partial charge in [0.05, 0.1) is 5.69 Å². The van der Waals surface area contributed by atoms with Crippen LogP contribution in [0.4, 0.5) is 5.69 Å². The van der Waals surface area contributed by atoms with E-state index < -0.39 is 0 Å². The molecule has 102 valence electrons. The highest BCUT2D eigenvalue weighted by Gasteiger charge is 2.20. The lowest BCUT2D eigenvalue weighted by atomic mass is 10.2. The molecule has 2 heterocycles. The summed E-state index contributed by atoms with van der Waals surface area (Å²) in [4.78, 5) is 8.48. The van der Waals surface area contributed by atoms with Gasteiger partial charge >= 0.3 is 0 Å². The van der Waals surface area contributed by atoms with Crippen molar-refractivity contribution in [3.8, 4) is 11.6 Å². The van der Waals surface area contributed by atoms with Crippen LogP contribution in [-0.4, -0.2) is 21.7 Å². The minimum atomic E-state index is -0.141. The number of pyridine rings is 1. The van der Waals surface area contributed by atoms with E-state index in [0.717, 1.165) is 12.8 Å². The first-order chi connectivity index (χ1) is 9.26. The minimum Gasteiger partial charge on any atom is -0.397 e. The molecule has 0 radical (unpaired) electrons. The van der Waals surface area contributed by atoms with Crippen molar-refractivity contribution in [2.45, 2.75) is 32.8 Å². The Labute approximate surface area is 112 Å². The molecule has 1 unspecified atom stereocenters. The van der Waals surface area contributed by atoms with E-state index in [1.54, 1.807) is 18.3 Å². The van der Waals surface area contributed by atoms with Gasteiger partial charge in [0, 0.05) is 12.8 Å². The number of nitrogen functional groups attached to an aromatic ring is 1. The average molecular weight is 262 g/mol. The van der Waals surface area contributed by atoms with E-state index >= 15 is 0 Å². The first-order valence-electron chi connectivity index (χ1n) is 6.42. The van der Waals surface area contributed by atoms with Crippen molar-refractivity contribution in [2.24, 2.45) is 0 Å². The van der Waals surface area contributed by atoms with Crippen molar-refractivity contribution in [2.75, 3.05) is 12.3 Å². The van der Waals surface area contributed by atoms with Crippen LogP contribution in [-0.2, 0) is 4.74 Å². The summed E-state index contributed by atoms with van der Waals surface area (Å²) in [5.41, 5.74) is 6.86. The topological polar surface area (TPSA) is 87.1 Å². The first kappa shape index (κ1) is 13.5. The molecule has 2 aromatic rings. The van der Waals surface area contributed by atoms with Crippen LogP contribution >= 0.6 is 0 Å². The molecule has 0 aromatic carbocycles. The Hall–Kier alpha value is -1.95. The van der Waals surface area contributed by atoms with Crippen molar-refractivity contribution < 1.29 is 9.26 Å². The molecule has 0 aliphatic carbocycles. The summed E-state index contributed by atoms with van der Waals surface area (Å²) < 4.78 is 10.8. The molecule has 2 N–H and O–H groups in total. The minimum absolute atomic E-state index is 0.141. The van der Waals surface area contributed by atoms with Crippen LogP contribution in [0.25, 0.3) is 11.6 Å². The molecular weight excluding hydrogens is 244 g/mol. The Morgan fingerprint density at radius 1 is 1.42 bits per heavy atom. The first-order valence-corrected chi connectivity index (χ1v) is 6.42. The van der Waals surface area contributed by atoms with Crippen molar-refractivity contribution in [1.29, 1.82) is 0 Å². The van der Waals surface area contributed by atoms with Gasteiger partial charge in [-0.2, -0.15) is 4.98 Å². The SMILES string of the molecule is CCCC(OCC)c1noc(-c2ncccc2N)n1. The smallest absolute Gasteiger partial charge is 0.278 e. The molecule has 6 nitrogen and oxygen atoms in total. The molecule has 19 heavy (non-hydrogen) atoms. The summed E-state index contributed by atoms with van der Waals surface area (Å²) in [5, 5.41) is 3.96. The lowest BCUT2D eigenvalue weighted by Gasteiger charge is -2.11. The molecule has 0 aliphatic heterocycles. The number of rotatable bonds is 6. The zero-order chi connectivity index (χ0) is 13.7. The molecule has 0 fully saturated rings. The lowest BCUT2D eigenvalue weighted by Crippen LogP contribution is -2.06. The highest BCUT2D eigenvalue weighted by Crippen LogP contribution is 2.25. The Bertz CT molecular complexity index is 521. The predicted octanol–water partition coefficient (Wildman–Crippen LogP) is 2.59. The highest BCUT2D eigenvalue weighted by molar-refractivity contribution is 5.65. The van der Waals surface area contributed by atoms with Crippen LogP contribution in [0.15, 0.2) is 22.9 Å². The average Bonchev–Trinajstić information content (AvgIpc) is 2.88. The number of ether oxygens (including phenoxy) is 1. The van der Waals surface area contributed by atoms with Gasteiger partial charge in [-0.15, -0.1) is 0 Å². The summed E-state index contributed by atoms with van der Waals surface area (Å²) in [5.74, 6) is 0.873. The zero-order valence-corrected chi connectivity index (χ0v) is 11.2. The molecule has 0 bridgehead atoms. The maximum Gasteiger partial charge on any atom is 0.278 e. The fourth-order valence-electron chi connectivity index (χ4n) is 1.81. The number of hydrogen-bond acceptors (Lipinski definition) is 6. The van der Waals surface area contributed by atoms with Gasteiger partial charge in [0.15, 0.2) is 5.69 Å². The molecule has 6 heteroatoms.